The molecular formula is C14H22N4O2P2+2. The monoisotopic (exact) mass is 340 g/mol. The van der Waals surface area contributed by atoms with Gasteiger partial charge < -0.3 is 4.90 Å². The van der Waals surface area contributed by atoms with Crippen LogP contribution in [0.2, 0.25) is 0 Å². The van der Waals surface area contributed by atoms with E-state index in [1.807, 2.05) is 25.7 Å². The Bertz CT molecular complexity index is 789. The first-order valence-corrected chi connectivity index (χ1v) is 10.9. The number of hydrogen-bond donors (Lipinski definition) is 1. The van der Waals surface area contributed by atoms with E-state index in [4.69, 9.17) is 0 Å². The van der Waals surface area contributed by atoms with Crippen molar-refractivity contribution < 1.29 is 0 Å². The molecule has 1 aliphatic heterocycles. The van der Waals surface area contributed by atoms with Crippen LogP contribution in [0.15, 0.2) is 14.6 Å². The quantitative estimate of drug-likeness (QED) is 0.844. The van der Waals surface area contributed by atoms with E-state index in [2.05, 4.69) is 29.2 Å². The maximum absolute atomic E-state index is 12.3. The van der Waals surface area contributed by atoms with E-state index in [0.717, 1.165) is 12.1 Å². The molecule has 0 fully saturated rings. The average molecular weight is 340 g/mol. The molecule has 2 heterocycles. The first-order chi connectivity index (χ1) is 10.2. The second kappa shape index (κ2) is 6.41. The Labute approximate surface area is 131 Å². The minimum absolute atomic E-state index is 0.0306. The van der Waals surface area contributed by atoms with Crippen LogP contribution < -0.4 is 11.2 Å². The number of fused-ring (bicyclic) bond motifs is 1. The summed E-state index contributed by atoms with van der Waals surface area (Å²) in [5, 5.41) is 0. The second-order valence-corrected chi connectivity index (χ2v) is 9.71. The molecule has 0 spiro atoms. The highest BCUT2D eigenvalue weighted by Gasteiger charge is 2.36. The van der Waals surface area contributed by atoms with Gasteiger partial charge in [-0.1, -0.05) is 4.34 Å². The molecule has 2 rings (SSSR count). The zero-order chi connectivity index (χ0) is 16.6. The van der Waals surface area contributed by atoms with Gasteiger partial charge in [-0.05, 0) is 14.1 Å². The summed E-state index contributed by atoms with van der Waals surface area (Å²) in [4.78, 5) is 33.6. The molecule has 0 aliphatic carbocycles. The normalized spacial score (nSPS) is 18.8. The van der Waals surface area contributed by atoms with Crippen molar-refractivity contribution >= 4 is 39.4 Å². The lowest BCUT2D eigenvalue weighted by molar-refractivity contribution is 0.466. The third kappa shape index (κ3) is 3.19. The Morgan fingerprint density at radius 3 is 2.50 bits per heavy atom. The van der Waals surface area contributed by atoms with Gasteiger partial charge in [-0.2, -0.15) is 0 Å². The summed E-state index contributed by atoms with van der Waals surface area (Å²) in [7, 11) is 2.37. The van der Waals surface area contributed by atoms with Crippen LogP contribution in [0, 0.1) is 0 Å². The van der Waals surface area contributed by atoms with Crippen molar-refractivity contribution in [1.29, 1.82) is 0 Å². The van der Waals surface area contributed by atoms with E-state index in [1.165, 1.54) is 4.34 Å². The van der Waals surface area contributed by atoms with Crippen LogP contribution >= 0.6 is 15.2 Å². The number of nitrogens with zero attached hydrogens (tertiary/aromatic N) is 3. The summed E-state index contributed by atoms with van der Waals surface area (Å²) in [6, 6.07) is 0. The van der Waals surface area contributed by atoms with E-state index in [-0.39, 0.29) is 11.2 Å². The Balaban J connectivity index is 2.80. The number of aromatic amines is 1. The predicted octanol–water partition coefficient (Wildman–Crippen LogP) is 1.47. The Morgan fingerprint density at radius 1 is 1.36 bits per heavy atom. The number of hydrogen-bond acceptors (Lipinski definition) is 4. The lowest BCUT2D eigenvalue weighted by atomic mass is 10.0. The molecule has 1 aromatic heterocycles. The van der Waals surface area contributed by atoms with Crippen molar-refractivity contribution in [3.05, 3.63) is 26.4 Å². The van der Waals surface area contributed by atoms with Gasteiger partial charge in [-0.25, -0.2) is 9.79 Å². The minimum Gasteiger partial charge on any atom is -0.304 e. The second-order valence-electron chi connectivity index (χ2n) is 5.86. The molecule has 0 saturated heterocycles. The molecule has 118 valence electrons. The largest absolute Gasteiger partial charge is 0.368 e. The van der Waals surface area contributed by atoms with Crippen LogP contribution in [0.1, 0.15) is 17.6 Å². The van der Waals surface area contributed by atoms with Gasteiger partial charge in [-0.3, -0.25) is 9.78 Å². The molecule has 22 heavy (non-hydrogen) atoms. The number of H-pyrrole nitrogens is 1. The van der Waals surface area contributed by atoms with E-state index < -0.39 is 20.9 Å². The van der Waals surface area contributed by atoms with Gasteiger partial charge in [0.1, 0.15) is 12.2 Å². The number of aromatic nitrogens is 2. The molecule has 1 N–H and O–H groups in total. The van der Waals surface area contributed by atoms with Crippen LogP contribution in [0.25, 0.3) is 0 Å². The van der Waals surface area contributed by atoms with E-state index in [9.17, 15) is 9.59 Å². The molecule has 3 atom stereocenters. The molecule has 1 aromatic rings. The molecule has 0 saturated carbocycles. The van der Waals surface area contributed by atoms with Crippen molar-refractivity contribution in [2.75, 3.05) is 34.0 Å². The van der Waals surface area contributed by atoms with E-state index in [1.54, 1.807) is 0 Å². The van der Waals surface area contributed by atoms with Crippen molar-refractivity contribution in [3.63, 3.8) is 0 Å². The van der Waals surface area contributed by atoms with Gasteiger partial charge in [0.2, 0.25) is 7.70 Å². The SMILES string of the molecule is C=[P+](C)C1CC(CN(C)C)=Nc2c1c(=O)[nH]c(=O)n2[P+](=C)C. The third-order valence-electron chi connectivity index (χ3n) is 3.50. The first-order valence-electron chi connectivity index (χ1n) is 6.90. The minimum atomic E-state index is -0.971. The fourth-order valence-electron chi connectivity index (χ4n) is 2.62. The van der Waals surface area contributed by atoms with Crippen molar-refractivity contribution in [2.45, 2.75) is 12.1 Å². The number of rotatable bonds is 4. The molecule has 0 aromatic carbocycles. The van der Waals surface area contributed by atoms with Gasteiger partial charge in [0.05, 0.1) is 26.8 Å². The van der Waals surface area contributed by atoms with Crippen molar-refractivity contribution in [1.82, 2.24) is 14.2 Å². The summed E-state index contributed by atoms with van der Waals surface area (Å²) in [6.45, 7) is 4.63. The maximum atomic E-state index is 12.3. The summed E-state index contributed by atoms with van der Waals surface area (Å²) >= 11 is 0. The van der Waals surface area contributed by atoms with Crippen LogP contribution in [0.5, 0.6) is 0 Å². The van der Waals surface area contributed by atoms with Gasteiger partial charge in [0.15, 0.2) is 11.5 Å². The lowest BCUT2D eigenvalue weighted by Crippen LogP contribution is -2.34. The molecule has 0 bridgehead atoms. The Kier molecular flexibility index (Phi) is 4.96. The number of nitrogens with one attached hydrogen (secondary N) is 1. The third-order valence-corrected chi connectivity index (χ3v) is 6.06. The van der Waals surface area contributed by atoms with Gasteiger partial charge in [0.25, 0.3) is 5.56 Å². The van der Waals surface area contributed by atoms with Crippen molar-refractivity contribution in [3.8, 4) is 0 Å². The lowest BCUT2D eigenvalue weighted by Gasteiger charge is -2.21. The zero-order valence-corrected chi connectivity index (χ0v) is 15.2. The molecule has 3 unspecified atom stereocenters. The molecule has 0 radical (unpaired) electrons. The highest BCUT2D eigenvalue weighted by molar-refractivity contribution is 7.55. The van der Waals surface area contributed by atoms with Gasteiger partial charge in [-0.15, -0.1) is 0 Å². The summed E-state index contributed by atoms with van der Waals surface area (Å²) in [5.74, 6) is 0.489. The van der Waals surface area contributed by atoms with Crippen LogP contribution in [0.4, 0.5) is 5.82 Å². The predicted molar refractivity (Wildman–Crippen MR) is 99.7 cm³/mol. The van der Waals surface area contributed by atoms with Gasteiger partial charge in [0, 0.05) is 18.7 Å². The summed E-state index contributed by atoms with van der Waals surface area (Å²) in [6.07, 6.45) is 8.86. The molecule has 0 amide bonds. The molecule has 6 nitrogen and oxygen atoms in total. The van der Waals surface area contributed by atoms with Gasteiger partial charge >= 0.3 is 5.69 Å². The smallest absolute Gasteiger partial charge is 0.304 e. The molecular weight excluding hydrogens is 318 g/mol. The average Bonchev–Trinajstić information content (AvgIpc) is 2.35. The first kappa shape index (κ1) is 17.0. The maximum Gasteiger partial charge on any atom is 0.368 e. The van der Waals surface area contributed by atoms with Crippen LogP contribution in [-0.4, -0.2) is 66.5 Å². The molecule has 1 aliphatic rings. The fourth-order valence-corrected chi connectivity index (χ4v) is 4.65. The fraction of sp³-hybridized carbons (Fsp3) is 0.500. The van der Waals surface area contributed by atoms with E-state index >= 15 is 0 Å². The Morgan fingerprint density at radius 2 is 2.00 bits per heavy atom. The standard InChI is InChI=1S/C14H21N4O2P2/c1-17(2)8-9-7-10(21(3)4)11-12(15-9)18(22(5)6)14(20)16-13(11)19/h10H,3,5,7-8H2,1-2,4,6H3/q+1/p+1. The number of aliphatic imine (C=N–C) groups is 1. The zero-order valence-electron chi connectivity index (χ0n) is 13.5. The van der Waals surface area contributed by atoms with Crippen molar-refractivity contribution in [2.24, 2.45) is 4.99 Å². The van der Waals surface area contributed by atoms with Crippen LogP contribution in [0.3, 0.4) is 0 Å². The highest BCUT2D eigenvalue weighted by atomic mass is 31.1. The summed E-state index contributed by atoms with van der Waals surface area (Å²) in [5.41, 5.74) is 0.858. The highest BCUT2D eigenvalue weighted by Crippen LogP contribution is 2.46. The summed E-state index contributed by atoms with van der Waals surface area (Å²) < 4.78 is 1.53. The Hall–Kier alpha value is -1.35. The molecule has 8 heteroatoms. The topological polar surface area (TPSA) is 70.5 Å². The van der Waals surface area contributed by atoms with Crippen LogP contribution in [-0.2, 0) is 0 Å². The van der Waals surface area contributed by atoms with E-state index in [0.29, 0.717) is 17.9 Å².